The Kier molecular flexibility index (Phi) is 5.17. The zero-order valence-electron chi connectivity index (χ0n) is 10.5. The fraction of sp³-hybridized carbons (Fsp3) is 0.917. The molecule has 0 bridgehead atoms. The van der Waals surface area contributed by atoms with Crippen LogP contribution in [0, 0.1) is 11.8 Å². The van der Waals surface area contributed by atoms with E-state index in [9.17, 15) is 4.79 Å². The Morgan fingerprint density at radius 3 is 2.07 bits per heavy atom. The summed E-state index contributed by atoms with van der Waals surface area (Å²) < 4.78 is 0. The van der Waals surface area contributed by atoms with Gasteiger partial charge < -0.3 is 5.32 Å². The van der Waals surface area contributed by atoms with Crippen molar-refractivity contribution in [2.75, 3.05) is 0 Å². The van der Waals surface area contributed by atoms with Crippen LogP contribution in [0.4, 0.5) is 0 Å². The van der Waals surface area contributed by atoms with Gasteiger partial charge in [-0.1, -0.05) is 20.8 Å². The van der Waals surface area contributed by atoms with Crippen LogP contribution in [0.3, 0.4) is 0 Å². The Bertz CT molecular complexity index is 179. The van der Waals surface area contributed by atoms with Crippen molar-refractivity contribution >= 4 is 5.91 Å². The van der Waals surface area contributed by atoms with Crippen molar-refractivity contribution in [1.82, 2.24) is 5.32 Å². The molecule has 0 aromatic heterocycles. The molecule has 0 aliphatic carbocycles. The highest BCUT2D eigenvalue weighted by Crippen LogP contribution is 2.15. The maximum atomic E-state index is 11.5. The molecule has 0 spiro atoms. The molecule has 0 radical (unpaired) electrons. The molecule has 0 aliphatic rings. The zero-order chi connectivity index (χ0) is 11.4. The van der Waals surface area contributed by atoms with Crippen molar-refractivity contribution in [2.45, 2.75) is 59.9 Å². The second kappa shape index (κ2) is 5.38. The average molecular weight is 199 g/mol. The number of carbonyl (C=O) groups excluding carboxylic acids is 1. The molecule has 0 fully saturated rings. The van der Waals surface area contributed by atoms with Gasteiger partial charge in [-0.2, -0.15) is 0 Å². The average Bonchev–Trinajstić information content (AvgIpc) is 1.96. The van der Waals surface area contributed by atoms with Crippen LogP contribution in [0.5, 0.6) is 0 Å². The summed E-state index contributed by atoms with van der Waals surface area (Å²) >= 11 is 0. The SMILES string of the molecule is CC(C)C(C)CCC(=O)NC(C)(C)C. The molecule has 1 atom stereocenters. The number of carbonyl (C=O) groups is 1. The third-order valence-corrected chi connectivity index (χ3v) is 2.48. The predicted molar refractivity (Wildman–Crippen MR) is 61.1 cm³/mol. The first kappa shape index (κ1) is 13.5. The Labute approximate surface area is 88.5 Å². The quantitative estimate of drug-likeness (QED) is 0.741. The Balaban J connectivity index is 3.75. The highest BCUT2D eigenvalue weighted by molar-refractivity contribution is 5.76. The summed E-state index contributed by atoms with van der Waals surface area (Å²) in [4.78, 5) is 11.5. The van der Waals surface area contributed by atoms with E-state index in [1.807, 2.05) is 20.8 Å². The van der Waals surface area contributed by atoms with Gasteiger partial charge in [0.25, 0.3) is 0 Å². The van der Waals surface area contributed by atoms with Crippen LogP contribution < -0.4 is 5.32 Å². The highest BCUT2D eigenvalue weighted by atomic mass is 16.1. The van der Waals surface area contributed by atoms with E-state index in [0.717, 1.165) is 6.42 Å². The van der Waals surface area contributed by atoms with Crippen molar-refractivity contribution in [3.63, 3.8) is 0 Å². The molecule has 2 heteroatoms. The highest BCUT2D eigenvalue weighted by Gasteiger charge is 2.15. The fourth-order valence-corrected chi connectivity index (χ4v) is 1.17. The molecule has 1 amide bonds. The zero-order valence-corrected chi connectivity index (χ0v) is 10.5. The van der Waals surface area contributed by atoms with Crippen LogP contribution in [0.25, 0.3) is 0 Å². The monoisotopic (exact) mass is 199 g/mol. The summed E-state index contributed by atoms with van der Waals surface area (Å²) in [6, 6.07) is 0. The lowest BCUT2D eigenvalue weighted by atomic mass is 9.93. The summed E-state index contributed by atoms with van der Waals surface area (Å²) in [6.07, 6.45) is 1.64. The second-order valence-electron chi connectivity index (χ2n) is 5.56. The minimum atomic E-state index is -0.0991. The number of nitrogens with one attached hydrogen (secondary N) is 1. The minimum absolute atomic E-state index is 0.0991. The summed E-state index contributed by atoms with van der Waals surface area (Å²) in [5.74, 6) is 1.46. The molecular weight excluding hydrogens is 174 g/mol. The molecule has 14 heavy (non-hydrogen) atoms. The van der Waals surface area contributed by atoms with Gasteiger partial charge in [-0.05, 0) is 39.0 Å². The number of rotatable bonds is 4. The van der Waals surface area contributed by atoms with E-state index < -0.39 is 0 Å². The number of amides is 1. The lowest BCUT2D eigenvalue weighted by Crippen LogP contribution is -2.40. The largest absolute Gasteiger partial charge is 0.352 e. The van der Waals surface area contributed by atoms with Crippen LogP contribution in [0.1, 0.15) is 54.4 Å². The standard InChI is InChI=1S/C12H25NO/c1-9(2)10(3)7-8-11(14)13-12(4,5)6/h9-10H,7-8H2,1-6H3,(H,13,14). The van der Waals surface area contributed by atoms with E-state index in [-0.39, 0.29) is 11.4 Å². The molecular formula is C12H25NO. The van der Waals surface area contributed by atoms with Crippen LogP contribution >= 0.6 is 0 Å². The van der Waals surface area contributed by atoms with E-state index in [1.165, 1.54) is 0 Å². The van der Waals surface area contributed by atoms with Crippen molar-refractivity contribution in [1.29, 1.82) is 0 Å². The van der Waals surface area contributed by atoms with Crippen molar-refractivity contribution in [2.24, 2.45) is 11.8 Å². The van der Waals surface area contributed by atoms with Crippen molar-refractivity contribution < 1.29 is 4.79 Å². The maximum Gasteiger partial charge on any atom is 0.220 e. The molecule has 2 nitrogen and oxygen atoms in total. The first-order valence-electron chi connectivity index (χ1n) is 5.53. The third kappa shape index (κ3) is 6.93. The minimum Gasteiger partial charge on any atom is -0.352 e. The van der Waals surface area contributed by atoms with Gasteiger partial charge in [-0.3, -0.25) is 4.79 Å². The molecule has 0 aliphatic heterocycles. The van der Waals surface area contributed by atoms with Gasteiger partial charge in [0.1, 0.15) is 0 Å². The van der Waals surface area contributed by atoms with Crippen LogP contribution in [-0.2, 0) is 4.79 Å². The van der Waals surface area contributed by atoms with Gasteiger partial charge in [0.05, 0.1) is 0 Å². The van der Waals surface area contributed by atoms with E-state index >= 15 is 0 Å². The predicted octanol–water partition coefficient (Wildman–Crippen LogP) is 2.97. The summed E-state index contributed by atoms with van der Waals surface area (Å²) in [7, 11) is 0. The van der Waals surface area contributed by atoms with Gasteiger partial charge in [0, 0.05) is 12.0 Å². The molecule has 1 unspecified atom stereocenters. The van der Waals surface area contributed by atoms with Gasteiger partial charge in [-0.25, -0.2) is 0 Å². The topological polar surface area (TPSA) is 29.1 Å². The van der Waals surface area contributed by atoms with Gasteiger partial charge >= 0.3 is 0 Å². The van der Waals surface area contributed by atoms with Crippen LogP contribution in [0.2, 0.25) is 0 Å². The van der Waals surface area contributed by atoms with E-state index in [0.29, 0.717) is 18.3 Å². The Morgan fingerprint density at radius 2 is 1.71 bits per heavy atom. The fourth-order valence-electron chi connectivity index (χ4n) is 1.17. The number of hydrogen-bond donors (Lipinski definition) is 1. The summed E-state index contributed by atoms with van der Waals surface area (Å²) in [6.45, 7) is 12.6. The molecule has 1 N–H and O–H groups in total. The summed E-state index contributed by atoms with van der Waals surface area (Å²) in [5.41, 5.74) is -0.0991. The smallest absolute Gasteiger partial charge is 0.220 e. The van der Waals surface area contributed by atoms with Crippen molar-refractivity contribution in [3.05, 3.63) is 0 Å². The molecule has 0 heterocycles. The van der Waals surface area contributed by atoms with E-state index in [4.69, 9.17) is 0 Å². The summed E-state index contributed by atoms with van der Waals surface area (Å²) in [5, 5.41) is 2.97. The second-order valence-corrected chi connectivity index (χ2v) is 5.56. The Hall–Kier alpha value is -0.530. The maximum absolute atomic E-state index is 11.5. The van der Waals surface area contributed by atoms with E-state index in [2.05, 4.69) is 26.1 Å². The first-order chi connectivity index (χ1) is 6.22. The normalized spacial score (nSPS) is 14.2. The third-order valence-electron chi connectivity index (χ3n) is 2.48. The molecule has 0 saturated heterocycles. The van der Waals surface area contributed by atoms with Crippen LogP contribution in [0.15, 0.2) is 0 Å². The van der Waals surface area contributed by atoms with Crippen molar-refractivity contribution in [3.8, 4) is 0 Å². The first-order valence-corrected chi connectivity index (χ1v) is 5.53. The molecule has 0 aromatic rings. The van der Waals surface area contributed by atoms with Gasteiger partial charge in [0.15, 0.2) is 0 Å². The lowest BCUT2D eigenvalue weighted by molar-refractivity contribution is -0.122. The lowest BCUT2D eigenvalue weighted by Gasteiger charge is -2.21. The molecule has 0 rings (SSSR count). The van der Waals surface area contributed by atoms with E-state index in [1.54, 1.807) is 0 Å². The number of hydrogen-bond acceptors (Lipinski definition) is 1. The molecule has 0 saturated carbocycles. The molecule has 0 aromatic carbocycles. The molecule has 84 valence electrons. The van der Waals surface area contributed by atoms with Gasteiger partial charge in [0.2, 0.25) is 5.91 Å². The Morgan fingerprint density at radius 1 is 1.21 bits per heavy atom. The van der Waals surface area contributed by atoms with Gasteiger partial charge in [-0.15, -0.1) is 0 Å². The van der Waals surface area contributed by atoms with Crippen LogP contribution in [-0.4, -0.2) is 11.4 Å².